The summed E-state index contributed by atoms with van der Waals surface area (Å²) in [7, 11) is 0. The zero-order valence-electron chi connectivity index (χ0n) is 31.4. The van der Waals surface area contributed by atoms with Crippen molar-refractivity contribution in [2.24, 2.45) is 23.7 Å². The lowest BCUT2D eigenvalue weighted by atomic mass is 9.90. The van der Waals surface area contributed by atoms with Gasteiger partial charge in [0, 0.05) is 23.2 Å². The quantitative estimate of drug-likeness (QED) is 0.188. The van der Waals surface area contributed by atoms with Crippen LogP contribution in [-0.2, 0) is 22.5 Å². The number of benzene rings is 2. The number of aryl methyl sites for hydroxylation is 2. The van der Waals surface area contributed by atoms with Gasteiger partial charge in [0.05, 0.1) is 0 Å². The molecule has 2 unspecified atom stereocenters. The molecule has 2 aromatic carbocycles. The molecule has 0 amide bonds. The summed E-state index contributed by atoms with van der Waals surface area (Å²) in [5, 5.41) is 4.51. The summed E-state index contributed by atoms with van der Waals surface area (Å²) in [5.74, 6) is 2.03. The predicted octanol–water partition coefficient (Wildman–Crippen LogP) is 11.0. The predicted molar refractivity (Wildman–Crippen MR) is 189 cm³/mol. The minimum absolute atomic E-state index is 0.00871. The molecular formula is C40H68N2O2. The molecule has 0 spiro atoms. The second kappa shape index (κ2) is 16.2. The van der Waals surface area contributed by atoms with Crippen LogP contribution in [0, 0.1) is 23.7 Å². The fourth-order valence-corrected chi connectivity index (χ4v) is 6.64. The molecule has 0 aliphatic heterocycles. The van der Waals surface area contributed by atoms with Crippen LogP contribution in [0.5, 0.6) is 0 Å². The lowest BCUT2D eigenvalue weighted by Crippen LogP contribution is -2.52. The van der Waals surface area contributed by atoms with Crippen LogP contribution in [0.1, 0.15) is 145 Å². The normalized spacial score (nSPS) is 14.8. The van der Waals surface area contributed by atoms with Gasteiger partial charge in [-0.15, -0.1) is 0 Å². The molecule has 0 heterocycles. The van der Waals surface area contributed by atoms with Crippen molar-refractivity contribution in [3.63, 3.8) is 0 Å². The maximum Gasteiger partial charge on any atom is 0.101 e. The van der Waals surface area contributed by atoms with E-state index >= 15 is 0 Å². The number of hydroxylamine groups is 4. The monoisotopic (exact) mass is 609 g/mol. The molecule has 0 bridgehead atoms. The van der Waals surface area contributed by atoms with Crippen molar-refractivity contribution in [3.8, 4) is 0 Å². The van der Waals surface area contributed by atoms with Gasteiger partial charge in [0.25, 0.3) is 0 Å². The van der Waals surface area contributed by atoms with E-state index in [4.69, 9.17) is 9.68 Å². The molecule has 0 aliphatic rings. The van der Waals surface area contributed by atoms with Gasteiger partial charge >= 0.3 is 0 Å². The van der Waals surface area contributed by atoms with Gasteiger partial charge in [-0.2, -0.15) is 10.1 Å². The van der Waals surface area contributed by atoms with Crippen molar-refractivity contribution < 1.29 is 9.68 Å². The average molecular weight is 609 g/mol. The summed E-state index contributed by atoms with van der Waals surface area (Å²) in [4.78, 5) is 13.4. The molecule has 2 atom stereocenters. The summed E-state index contributed by atoms with van der Waals surface area (Å²) in [5.41, 5.74) is 4.98. The van der Waals surface area contributed by atoms with E-state index in [0.29, 0.717) is 35.8 Å². The first-order valence-electron chi connectivity index (χ1n) is 17.3. The van der Waals surface area contributed by atoms with Crippen molar-refractivity contribution >= 4 is 0 Å². The summed E-state index contributed by atoms with van der Waals surface area (Å²) < 4.78 is 0. The Morgan fingerprint density at radius 2 is 0.705 bits per heavy atom. The summed E-state index contributed by atoms with van der Waals surface area (Å²) >= 11 is 0. The second-order valence-corrected chi connectivity index (χ2v) is 16.4. The van der Waals surface area contributed by atoms with Gasteiger partial charge in [-0.1, -0.05) is 104 Å². The van der Waals surface area contributed by atoms with Gasteiger partial charge in [0.15, 0.2) is 0 Å². The van der Waals surface area contributed by atoms with E-state index in [0.717, 1.165) is 12.8 Å². The van der Waals surface area contributed by atoms with Crippen LogP contribution in [0.4, 0.5) is 0 Å². The van der Waals surface area contributed by atoms with E-state index in [2.05, 4.69) is 169 Å². The van der Waals surface area contributed by atoms with Gasteiger partial charge in [-0.25, -0.2) is 0 Å². The van der Waals surface area contributed by atoms with Crippen LogP contribution in [0.15, 0.2) is 48.5 Å². The highest BCUT2D eigenvalue weighted by molar-refractivity contribution is 5.27. The van der Waals surface area contributed by atoms with Crippen LogP contribution >= 0.6 is 0 Å². The molecule has 4 nitrogen and oxygen atoms in total. The third-order valence-corrected chi connectivity index (χ3v) is 8.74. The van der Waals surface area contributed by atoms with E-state index in [9.17, 15) is 0 Å². The van der Waals surface area contributed by atoms with Gasteiger partial charge in [-0.3, -0.25) is 9.68 Å². The van der Waals surface area contributed by atoms with Crippen LogP contribution in [0.25, 0.3) is 0 Å². The van der Waals surface area contributed by atoms with E-state index in [1.165, 1.54) is 22.3 Å². The largest absolute Gasteiger partial charge is 0.290 e. The van der Waals surface area contributed by atoms with Gasteiger partial charge in [0.2, 0.25) is 0 Å². The number of rotatable bonds is 15. The Morgan fingerprint density at radius 3 is 0.909 bits per heavy atom. The topological polar surface area (TPSA) is 24.9 Å². The first kappa shape index (κ1) is 38.5. The van der Waals surface area contributed by atoms with Crippen LogP contribution < -0.4 is 0 Å². The molecule has 0 saturated carbocycles. The van der Waals surface area contributed by atoms with Gasteiger partial charge < -0.3 is 0 Å². The summed E-state index contributed by atoms with van der Waals surface area (Å²) in [6, 6.07) is 18.7. The number of nitrogens with zero attached hydrogens (tertiary/aromatic N) is 2. The minimum atomic E-state index is -0.0799. The third kappa shape index (κ3) is 11.0. The van der Waals surface area contributed by atoms with Gasteiger partial charge in [-0.05, 0) is 114 Å². The summed E-state index contributed by atoms with van der Waals surface area (Å²) in [6.45, 7) is 36.2. The van der Waals surface area contributed by atoms with Crippen LogP contribution in [0.2, 0.25) is 0 Å². The Balaban J connectivity index is 2.05. The smallest absolute Gasteiger partial charge is 0.101 e. The zero-order chi connectivity index (χ0) is 33.6. The van der Waals surface area contributed by atoms with Crippen molar-refractivity contribution in [2.75, 3.05) is 0 Å². The molecule has 250 valence electrons. The van der Waals surface area contributed by atoms with Crippen molar-refractivity contribution in [1.82, 2.24) is 10.1 Å². The maximum atomic E-state index is 6.68. The Bertz CT molecular complexity index is 985. The fraction of sp³-hybridized carbons (Fsp3) is 0.700. The second-order valence-electron chi connectivity index (χ2n) is 16.4. The standard InChI is InChI=1S/C40H68N2O2/c1-27(2)37(28(3)4)41(39(11,12)13)43-31(9)35-23-19-33(20-24-35)17-18-34-21-25-36(26-22-34)32(10)44-42(40(14,15)16)38(29(5)6)30(7)8/h19-32,37-38H,17-18H2,1-16H3. The molecule has 0 saturated heterocycles. The molecular weight excluding hydrogens is 540 g/mol. The van der Waals surface area contributed by atoms with Crippen LogP contribution in [0.3, 0.4) is 0 Å². The highest BCUT2D eigenvalue weighted by atomic mass is 16.7. The van der Waals surface area contributed by atoms with Crippen molar-refractivity contribution in [3.05, 3.63) is 70.8 Å². The fourth-order valence-electron chi connectivity index (χ4n) is 6.64. The first-order valence-corrected chi connectivity index (χ1v) is 17.3. The molecule has 44 heavy (non-hydrogen) atoms. The summed E-state index contributed by atoms with van der Waals surface area (Å²) in [6.07, 6.45) is 2.01. The molecule has 0 fully saturated rings. The van der Waals surface area contributed by atoms with E-state index < -0.39 is 0 Å². The lowest BCUT2D eigenvalue weighted by Gasteiger charge is -2.45. The van der Waals surface area contributed by atoms with Crippen molar-refractivity contribution in [2.45, 2.75) is 159 Å². The number of hydrogen-bond acceptors (Lipinski definition) is 4. The molecule has 2 aromatic rings. The molecule has 0 radical (unpaired) electrons. The van der Waals surface area contributed by atoms with Crippen molar-refractivity contribution in [1.29, 1.82) is 0 Å². The Hall–Kier alpha value is -1.72. The van der Waals surface area contributed by atoms with E-state index in [1.54, 1.807) is 0 Å². The molecule has 4 heteroatoms. The molecule has 0 aromatic heterocycles. The first-order chi connectivity index (χ1) is 20.2. The molecule has 2 rings (SSSR count). The maximum absolute atomic E-state index is 6.68. The SMILES string of the molecule is CC(ON(C(C(C)C)C(C)C)C(C)(C)C)c1ccc(CCc2ccc(C(C)ON(C(C(C)C)C(C)C)C(C)(C)C)cc2)cc1. The molecule has 0 aliphatic carbocycles. The lowest BCUT2D eigenvalue weighted by molar-refractivity contribution is -0.277. The Labute approximate surface area is 272 Å². The average Bonchev–Trinajstić information content (AvgIpc) is 2.89. The van der Waals surface area contributed by atoms with E-state index in [-0.39, 0.29) is 23.3 Å². The van der Waals surface area contributed by atoms with E-state index in [1.807, 2.05) is 0 Å². The third-order valence-electron chi connectivity index (χ3n) is 8.74. The Morgan fingerprint density at radius 1 is 0.455 bits per heavy atom. The number of hydrogen-bond donors (Lipinski definition) is 0. The van der Waals surface area contributed by atoms with Gasteiger partial charge in [0.1, 0.15) is 12.2 Å². The molecule has 0 N–H and O–H groups in total. The highest BCUT2D eigenvalue weighted by Crippen LogP contribution is 2.33. The van der Waals surface area contributed by atoms with Crippen LogP contribution in [-0.4, -0.2) is 33.3 Å². The highest BCUT2D eigenvalue weighted by Gasteiger charge is 2.36. The Kier molecular flexibility index (Phi) is 14.2. The minimum Gasteiger partial charge on any atom is -0.290 e. The zero-order valence-corrected chi connectivity index (χ0v) is 31.4.